The van der Waals surface area contributed by atoms with Crippen LogP contribution in [-0.2, 0) is 36.1 Å². The number of aliphatic carboxylic acids is 3. The second kappa shape index (κ2) is 20.9. The summed E-state index contributed by atoms with van der Waals surface area (Å²) < 4.78 is 0. The van der Waals surface area contributed by atoms with Gasteiger partial charge in [-0.25, -0.2) is 5.57 Å². The van der Waals surface area contributed by atoms with Crippen molar-refractivity contribution in [1.29, 1.82) is 0 Å². The molecule has 0 radical (unpaired) electrons. The van der Waals surface area contributed by atoms with Crippen LogP contribution in [0.3, 0.4) is 0 Å². The van der Waals surface area contributed by atoms with E-state index in [1.165, 1.54) is 31.3 Å². The van der Waals surface area contributed by atoms with Gasteiger partial charge in [0.25, 0.3) is 0 Å². The van der Waals surface area contributed by atoms with Crippen LogP contribution in [0.2, 0.25) is 0 Å². The Labute approximate surface area is 196 Å². The van der Waals surface area contributed by atoms with Gasteiger partial charge in [-0.2, -0.15) is 11.1 Å². The van der Waals surface area contributed by atoms with Crippen LogP contribution in [0.5, 0.6) is 0 Å². The third-order valence-electron chi connectivity index (χ3n) is 4.31. The second-order valence-electron chi connectivity index (χ2n) is 7.13. The average Bonchev–Trinajstić information content (AvgIpc) is 2.91. The summed E-state index contributed by atoms with van der Waals surface area (Å²) in [6, 6.07) is 0. The Hall–Kier alpha value is -1.40. The zero-order valence-corrected chi connectivity index (χ0v) is 20.8. The first-order valence-corrected chi connectivity index (χ1v) is 10.6. The van der Waals surface area contributed by atoms with Gasteiger partial charge in [0.05, 0.1) is 0 Å². The molecule has 6 nitrogen and oxygen atoms in total. The molecule has 172 valence electrons. The molecule has 0 spiro atoms. The summed E-state index contributed by atoms with van der Waals surface area (Å²) >= 11 is 0. The number of hydrogen-bond acceptors (Lipinski definition) is 3. The van der Waals surface area contributed by atoms with Crippen molar-refractivity contribution in [2.24, 2.45) is 5.92 Å². The largest absolute Gasteiger partial charge is 0.481 e. The topological polar surface area (TPSA) is 112 Å². The molecule has 30 heavy (non-hydrogen) atoms. The Kier molecular flexibility index (Phi) is 23.1. The molecule has 2 aliphatic rings. The molecule has 1 atom stereocenters. The predicted octanol–water partition coefficient (Wildman–Crippen LogP) is 5.87. The summed E-state index contributed by atoms with van der Waals surface area (Å²) in [6.45, 7) is 10.0. The molecule has 1 unspecified atom stereocenters. The average molecular weight is 459 g/mol. The van der Waals surface area contributed by atoms with E-state index >= 15 is 0 Å². The van der Waals surface area contributed by atoms with Crippen molar-refractivity contribution in [3.8, 4) is 0 Å². The fourth-order valence-corrected chi connectivity index (χ4v) is 2.98. The molecule has 0 bridgehead atoms. The Balaban J connectivity index is -0.000000339. The van der Waals surface area contributed by atoms with Gasteiger partial charge in [0, 0.05) is 41.0 Å². The van der Waals surface area contributed by atoms with Crippen molar-refractivity contribution in [2.45, 2.75) is 98.8 Å². The van der Waals surface area contributed by atoms with E-state index in [0.717, 1.165) is 19.3 Å². The van der Waals surface area contributed by atoms with E-state index < -0.39 is 17.9 Å². The van der Waals surface area contributed by atoms with Crippen molar-refractivity contribution in [3.05, 3.63) is 22.8 Å². The Bertz CT molecular complexity index is 528. The van der Waals surface area contributed by atoms with Gasteiger partial charge >= 0.3 is 17.9 Å². The monoisotopic (exact) mass is 459 g/mol. The van der Waals surface area contributed by atoms with Gasteiger partial charge < -0.3 is 15.3 Å². The normalized spacial score (nSPS) is 16.0. The standard InChI is InChI=1S/C11H15.3C4H8O2.Ti/c1-8-7-9(2)11-6-4-3-5-10(8)11;3*1-2-3-4(5)6;/h8H,3-6H2,1-2H3;3*2-3H2,1H3,(H,5,6);/q-1;;;;. The van der Waals surface area contributed by atoms with Crippen LogP contribution in [0.25, 0.3) is 0 Å². The van der Waals surface area contributed by atoms with Crippen molar-refractivity contribution in [1.82, 2.24) is 0 Å². The Morgan fingerprint density at radius 2 is 1.20 bits per heavy atom. The first-order valence-electron chi connectivity index (χ1n) is 10.6. The van der Waals surface area contributed by atoms with E-state index in [1.54, 1.807) is 11.1 Å². The van der Waals surface area contributed by atoms with Crippen LogP contribution in [0.15, 0.2) is 16.7 Å². The molecule has 7 heteroatoms. The maximum atomic E-state index is 9.60. The number of rotatable bonds is 6. The second-order valence-corrected chi connectivity index (χ2v) is 7.13. The van der Waals surface area contributed by atoms with E-state index in [2.05, 4.69) is 19.9 Å². The van der Waals surface area contributed by atoms with Gasteiger partial charge in [-0.15, -0.1) is 0 Å². The number of hydrogen-bond donors (Lipinski definition) is 3. The van der Waals surface area contributed by atoms with Crippen molar-refractivity contribution < 1.29 is 51.4 Å². The zero-order valence-electron chi connectivity index (χ0n) is 19.2. The first-order chi connectivity index (χ1) is 13.6. The van der Waals surface area contributed by atoms with Crippen LogP contribution in [-0.4, -0.2) is 33.2 Å². The minimum absolute atomic E-state index is 0. The Morgan fingerprint density at radius 1 is 0.833 bits per heavy atom. The van der Waals surface area contributed by atoms with E-state index in [9.17, 15) is 14.4 Å². The molecule has 0 aromatic rings. The molecule has 0 heterocycles. The molecule has 0 aliphatic heterocycles. The zero-order chi connectivity index (χ0) is 22.8. The van der Waals surface area contributed by atoms with E-state index in [4.69, 9.17) is 15.3 Å². The quantitative estimate of drug-likeness (QED) is 0.338. The third kappa shape index (κ3) is 18.6. The molecule has 0 saturated carbocycles. The summed E-state index contributed by atoms with van der Waals surface area (Å²) in [6.07, 6.45) is 12.0. The predicted molar refractivity (Wildman–Crippen MR) is 115 cm³/mol. The summed E-state index contributed by atoms with van der Waals surface area (Å²) in [5.41, 5.74) is 4.77. The van der Waals surface area contributed by atoms with Crippen LogP contribution in [0.4, 0.5) is 0 Å². The van der Waals surface area contributed by atoms with Crippen LogP contribution in [0, 0.1) is 12.0 Å². The van der Waals surface area contributed by atoms with E-state index in [1.807, 2.05) is 20.8 Å². The maximum absolute atomic E-state index is 9.60. The smallest absolute Gasteiger partial charge is 0.303 e. The van der Waals surface area contributed by atoms with Gasteiger partial charge in [-0.05, 0) is 25.7 Å². The Morgan fingerprint density at radius 3 is 1.47 bits per heavy atom. The van der Waals surface area contributed by atoms with Gasteiger partial charge in [-0.1, -0.05) is 59.8 Å². The molecule has 0 amide bonds. The van der Waals surface area contributed by atoms with E-state index in [0.29, 0.717) is 25.2 Å². The number of allylic oxidation sites excluding steroid dienone is 4. The molecule has 0 saturated heterocycles. The summed E-state index contributed by atoms with van der Waals surface area (Å²) in [5.74, 6) is -1.50. The van der Waals surface area contributed by atoms with Gasteiger partial charge in [0.1, 0.15) is 0 Å². The van der Waals surface area contributed by atoms with Gasteiger partial charge in [-0.3, -0.25) is 20.5 Å². The van der Waals surface area contributed by atoms with Crippen LogP contribution >= 0.6 is 0 Å². The van der Waals surface area contributed by atoms with Crippen LogP contribution < -0.4 is 0 Å². The SMILES string of the molecule is CC1=[C-]C(C)C2=C1CCCC2.CCCC(=O)O.CCCC(=O)O.CCCC(=O)O.[Ti]. The van der Waals surface area contributed by atoms with Crippen LogP contribution in [0.1, 0.15) is 98.8 Å². The minimum Gasteiger partial charge on any atom is -0.481 e. The van der Waals surface area contributed by atoms with Gasteiger partial charge in [0.2, 0.25) is 0 Å². The minimum atomic E-state index is -0.711. The molecular formula is C23H39O6Ti-. The number of carboxylic acids is 3. The molecular weight excluding hydrogens is 420 g/mol. The van der Waals surface area contributed by atoms with Gasteiger partial charge in [0.15, 0.2) is 0 Å². The van der Waals surface area contributed by atoms with Crippen molar-refractivity contribution >= 4 is 17.9 Å². The third-order valence-corrected chi connectivity index (χ3v) is 4.31. The maximum Gasteiger partial charge on any atom is 0.303 e. The fourth-order valence-electron chi connectivity index (χ4n) is 2.98. The molecule has 0 aromatic carbocycles. The molecule has 2 rings (SSSR count). The summed E-state index contributed by atoms with van der Waals surface area (Å²) in [4.78, 5) is 28.8. The summed E-state index contributed by atoms with van der Waals surface area (Å²) in [7, 11) is 0. The van der Waals surface area contributed by atoms with Crippen molar-refractivity contribution in [2.75, 3.05) is 0 Å². The molecule has 3 N–H and O–H groups in total. The number of carbonyl (C=O) groups is 3. The fraction of sp³-hybridized carbons (Fsp3) is 0.696. The summed E-state index contributed by atoms with van der Waals surface area (Å²) in [5, 5.41) is 23.7. The van der Waals surface area contributed by atoms with Crippen molar-refractivity contribution in [3.63, 3.8) is 0 Å². The molecule has 2 aliphatic carbocycles. The van der Waals surface area contributed by atoms with E-state index in [-0.39, 0.29) is 21.7 Å². The molecule has 0 fully saturated rings. The number of carboxylic acid groups (broad SMARTS) is 3. The first kappa shape index (κ1) is 33.2. The molecule has 0 aromatic heterocycles.